The van der Waals surface area contributed by atoms with Crippen molar-refractivity contribution in [3.8, 4) is 11.5 Å². The molecule has 1 atom stereocenters. The van der Waals surface area contributed by atoms with Crippen LogP contribution < -0.4 is 14.8 Å². The molecule has 29 heavy (non-hydrogen) atoms. The number of hydrogen-bond acceptors (Lipinski definition) is 6. The zero-order valence-corrected chi connectivity index (χ0v) is 18.0. The molecule has 0 bridgehead atoms. The molecule has 0 saturated heterocycles. The largest absolute Gasteiger partial charge is 0.497 e. The van der Waals surface area contributed by atoms with E-state index in [-0.39, 0.29) is 17.8 Å². The molecular weight excluding hydrogens is 370 g/mol. The second kappa shape index (κ2) is 7.93. The molecule has 3 rings (SSSR count). The summed E-state index contributed by atoms with van der Waals surface area (Å²) in [4.78, 5) is 26.1. The number of rotatable bonds is 5. The maximum absolute atomic E-state index is 13.2. The monoisotopic (exact) mass is 399 g/mol. The molecule has 0 aromatic heterocycles. The Morgan fingerprint density at radius 2 is 1.76 bits per heavy atom. The molecule has 0 saturated carbocycles. The van der Waals surface area contributed by atoms with E-state index in [0.717, 1.165) is 17.7 Å². The Morgan fingerprint density at radius 1 is 1.14 bits per heavy atom. The summed E-state index contributed by atoms with van der Waals surface area (Å²) in [6.07, 6.45) is 1.17. The van der Waals surface area contributed by atoms with Crippen LogP contribution in [0.4, 0.5) is 0 Å². The summed E-state index contributed by atoms with van der Waals surface area (Å²) in [5.74, 6) is 0.296. The number of nitrogens with one attached hydrogen (secondary N) is 1. The van der Waals surface area contributed by atoms with Crippen LogP contribution in [0.25, 0.3) is 0 Å². The van der Waals surface area contributed by atoms with Gasteiger partial charge < -0.3 is 19.5 Å². The predicted molar refractivity (Wildman–Crippen MR) is 110 cm³/mol. The summed E-state index contributed by atoms with van der Waals surface area (Å²) in [5, 5.41) is 3.33. The summed E-state index contributed by atoms with van der Waals surface area (Å²) >= 11 is 0. The van der Waals surface area contributed by atoms with E-state index in [2.05, 4.69) is 19.2 Å². The normalized spacial score (nSPS) is 20.8. The fraction of sp³-hybridized carbons (Fsp3) is 0.478. The number of allylic oxidation sites excluding steroid dienone is 3. The summed E-state index contributed by atoms with van der Waals surface area (Å²) in [6, 6.07) is 5.47. The third-order valence-electron chi connectivity index (χ3n) is 5.44. The van der Waals surface area contributed by atoms with Gasteiger partial charge in [0.1, 0.15) is 11.5 Å². The highest BCUT2D eigenvalue weighted by Gasteiger charge is 2.43. The van der Waals surface area contributed by atoms with E-state index in [0.29, 0.717) is 34.8 Å². The quantitative estimate of drug-likeness (QED) is 0.758. The van der Waals surface area contributed by atoms with E-state index in [1.807, 2.05) is 19.1 Å². The highest BCUT2D eigenvalue weighted by molar-refractivity contribution is 6.04. The maximum atomic E-state index is 13.2. The van der Waals surface area contributed by atoms with Crippen LogP contribution in [0.2, 0.25) is 0 Å². The predicted octanol–water partition coefficient (Wildman–Crippen LogP) is 3.87. The fourth-order valence-electron chi connectivity index (χ4n) is 4.24. The number of ether oxygens (including phenoxy) is 3. The standard InChI is InChI=1S/C23H29NO5/c1-7-29-22(26)19-13(2)24-17-11-23(3,4)12-18(25)21(17)20(19)14-8-15(27-5)10-16(9-14)28-6/h8-10,20,24H,7,11-12H2,1-6H3/t20-/m0/s1. The van der Waals surface area contributed by atoms with Gasteiger partial charge in [0.05, 0.1) is 26.4 Å². The molecule has 1 aliphatic carbocycles. The number of dihydropyridines is 1. The van der Waals surface area contributed by atoms with E-state index in [9.17, 15) is 9.59 Å². The highest BCUT2D eigenvalue weighted by Crippen LogP contribution is 2.47. The highest BCUT2D eigenvalue weighted by atomic mass is 16.5. The van der Waals surface area contributed by atoms with Crippen molar-refractivity contribution in [3.63, 3.8) is 0 Å². The maximum Gasteiger partial charge on any atom is 0.336 e. The van der Waals surface area contributed by atoms with Gasteiger partial charge >= 0.3 is 5.97 Å². The Kier molecular flexibility index (Phi) is 5.73. The molecule has 1 heterocycles. The number of ketones is 1. The second-order valence-corrected chi connectivity index (χ2v) is 8.30. The lowest BCUT2D eigenvalue weighted by Gasteiger charge is -2.39. The molecule has 1 aromatic rings. The van der Waals surface area contributed by atoms with Crippen LogP contribution in [0, 0.1) is 5.41 Å². The van der Waals surface area contributed by atoms with Crippen molar-refractivity contribution in [2.75, 3.05) is 20.8 Å². The van der Waals surface area contributed by atoms with Gasteiger partial charge in [0.25, 0.3) is 0 Å². The lowest BCUT2D eigenvalue weighted by molar-refractivity contribution is -0.138. The van der Waals surface area contributed by atoms with Gasteiger partial charge in [-0.2, -0.15) is 0 Å². The number of carbonyl (C=O) groups excluding carboxylic acids is 2. The topological polar surface area (TPSA) is 73.9 Å². The number of Topliss-reactive ketones (excluding diaryl/α,β-unsaturated/α-hetero) is 1. The molecule has 1 aromatic carbocycles. The number of benzene rings is 1. The number of methoxy groups -OCH3 is 2. The van der Waals surface area contributed by atoms with Gasteiger partial charge in [0.2, 0.25) is 0 Å². The number of carbonyl (C=O) groups is 2. The van der Waals surface area contributed by atoms with Crippen molar-refractivity contribution < 1.29 is 23.8 Å². The minimum atomic E-state index is -0.530. The first-order chi connectivity index (χ1) is 13.7. The van der Waals surface area contributed by atoms with Crippen molar-refractivity contribution in [1.82, 2.24) is 5.32 Å². The van der Waals surface area contributed by atoms with Crippen LogP contribution in [0.1, 0.15) is 52.0 Å². The molecular formula is C23H29NO5. The van der Waals surface area contributed by atoms with Crippen molar-refractivity contribution in [2.45, 2.75) is 46.5 Å². The van der Waals surface area contributed by atoms with Gasteiger partial charge in [-0.05, 0) is 43.4 Å². The first kappa shape index (κ1) is 21.0. The summed E-state index contributed by atoms with van der Waals surface area (Å²) < 4.78 is 16.2. The minimum Gasteiger partial charge on any atom is -0.497 e. The van der Waals surface area contributed by atoms with Crippen LogP contribution >= 0.6 is 0 Å². The Labute approximate surface area is 171 Å². The van der Waals surface area contributed by atoms with E-state index < -0.39 is 11.9 Å². The zero-order valence-electron chi connectivity index (χ0n) is 18.0. The molecule has 0 fully saturated rings. The zero-order chi connectivity index (χ0) is 21.3. The molecule has 0 spiro atoms. The first-order valence-electron chi connectivity index (χ1n) is 9.85. The third kappa shape index (κ3) is 4.02. The van der Waals surface area contributed by atoms with Crippen LogP contribution in [0.15, 0.2) is 40.7 Å². The van der Waals surface area contributed by atoms with E-state index in [4.69, 9.17) is 14.2 Å². The van der Waals surface area contributed by atoms with Gasteiger partial charge in [-0.3, -0.25) is 4.79 Å². The number of esters is 1. The number of hydrogen-bond donors (Lipinski definition) is 1. The average molecular weight is 399 g/mol. The molecule has 6 heteroatoms. The van der Waals surface area contributed by atoms with Crippen molar-refractivity contribution in [2.24, 2.45) is 5.41 Å². The average Bonchev–Trinajstić information content (AvgIpc) is 2.65. The molecule has 0 radical (unpaired) electrons. The van der Waals surface area contributed by atoms with Crippen LogP contribution in [-0.4, -0.2) is 32.6 Å². The second-order valence-electron chi connectivity index (χ2n) is 8.30. The van der Waals surface area contributed by atoms with Gasteiger partial charge in [0, 0.05) is 35.4 Å². The Balaban J connectivity index is 2.23. The summed E-state index contributed by atoms with van der Waals surface area (Å²) in [5.41, 5.74) is 3.30. The van der Waals surface area contributed by atoms with Gasteiger partial charge in [-0.25, -0.2) is 4.79 Å². The van der Waals surface area contributed by atoms with Crippen molar-refractivity contribution in [3.05, 3.63) is 46.3 Å². The van der Waals surface area contributed by atoms with Gasteiger partial charge in [-0.1, -0.05) is 13.8 Å². The Bertz CT molecular complexity index is 888. The molecule has 6 nitrogen and oxygen atoms in total. The molecule has 0 amide bonds. The lowest BCUT2D eigenvalue weighted by atomic mass is 9.68. The SMILES string of the molecule is CCOC(=O)C1=C(C)NC2=C(C(=O)CC(C)(C)C2)[C@H]1c1cc(OC)cc(OC)c1. The van der Waals surface area contributed by atoms with Gasteiger partial charge in [0.15, 0.2) is 5.78 Å². The van der Waals surface area contributed by atoms with Crippen molar-refractivity contribution in [1.29, 1.82) is 0 Å². The van der Waals surface area contributed by atoms with E-state index >= 15 is 0 Å². The molecule has 2 aliphatic rings. The van der Waals surface area contributed by atoms with Crippen LogP contribution in [0.3, 0.4) is 0 Å². The van der Waals surface area contributed by atoms with E-state index in [1.165, 1.54) is 0 Å². The Hall–Kier alpha value is -2.76. The minimum absolute atomic E-state index is 0.0461. The molecule has 156 valence electrons. The fourth-order valence-corrected chi connectivity index (χ4v) is 4.24. The van der Waals surface area contributed by atoms with Crippen LogP contribution in [-0.2, 0) is 14.3 Å². The molecule has 0 unspecified atom stereocenters. The summed E-state index contributed by atoms with van der Waals surface area (Å²) in [7, 11) is 3.15. The Morgan fingerprint density at radius 3 is 2.31 bits per heavy atom. The van der Waals surface area contributed by atoms with Gasteiger partial charge in [-0.15, -0.1) is 0 Å². The lowest BCUT2D eigenvalue weighted by Crippen LogP contribution is -2.38. The first-order valence-corrected chi connectivity index (χ1v) is 9.85. The van der Waals surface area contributed by atoms with E-state index in [1.54, 1.807) is 27.2 Å². The summed E-state index contributed by atoms with van der Waals surface area (Å²) in [6.45, 7) is 8.05. The molecule has 1 N–H and O–H groups in total. The molecule has 1 aliphatic heterocycles. The smallest absolute Gasteiger partial charge is 0.336 e. The van der Waals surface area contributed by atoms with Crippen LogP contribution in [0.5, 0.6) is 11.5 Å². The van der Waals surface area contributed by atoms with Crippen molar-refractivity contribution >= 4 is 11.8 Å². The third-order valence-corrected chi connectivity index (χ3v) is 5.44.